The molecule has 208 valence electrons. The topological polar surface area (TPSA) is 291 Å². The predicted molar refractivity (Wildman–Crippen MR) is 118 cm³/mol. The van der Waals surface area contributed by atoms with Crippen molar-refractivity contribution in [2.75, 3.05) is 78.5 Å². The molecule has 2 atom stereocenters. The molecule has 14 N–H and O–H groups in total. The van der Waals surface area contributed by atoms with Crippen molar-refractivity contribution in [2.24, 2.45) is 0 Å². The third-order valence-corrected chi connectivity index (χ3v) is 5.09. The van der Waals surface area contributed by atoms with Crippen molar-refractivity contribution >= 4 is 23.9 Å². The molecule has 0 aromatic heterocycles. The summed E-state index contributed by atoms with van der Waals surface area (Å²) in [6.45, 7) is 3.26. The van der Waals surface area contributed by atoms with Crippen molar-refractivity contribution in [3.05, 3.63) is 0 Å². The number of aliphatic carboxylic acids is 4. The summed E-state index contributed by atoms with van der Waals surface area (Å²) in [4.78, 5) is 49.8. The van der Waals surface area contributed by atoms with Gasteiger partial charge in [-0.3, -0.25) is 19.4 Å². The smallest absolute Gasteiger partial charge is 0.359 e. The number of nitrogens with one attached hydrogen (secondary N) is 2. The number of carboxylic acid groups (broad SMARTS) is 4. The molecule has 0 radical (unpaired) electrons. The van der Waals surface area contributed by atoms with Crippen LogP contribution in [0, 0.1) is 0 Å². The zero-order chi connectivity index (χ0) is 22.5. The summed E-state index contributed by atoms with van der Waals surface area (Å²) >= 11 is 0. The monoisotopic (exact) mass is 595 g/mol. The minimum atomic E-state index is -0.963. The van der Waals surface area contributed by atoms with E-state index in [0.717, 1.165) is 9.80 Å². The van der Waals surface area contributed by atoms with Crippen molar-refractivity contribution in [1.29, 1.82) is 0 Å². The van der Waals surface area contributed by atoms with Crippen LogP contribution in [0.5, 0.6) is 0 Å². The fourth-order valence-corrected chi connectivity index (χ4v) is 3.69. The van der Waals surface area contributed by atoms with Gasteiger partial charge in [-0.1, -0.05) is 0 Å². The number of carboxylic acids is 4. The second kappa shape index (κ2) is 24.2. The van der Waals surface area contributed by atoms with E-state index in [0.29, 0.717) is 65.2 Å². The van der Waals surface area contributed by atoms with Gasteiger partial charge < -0.3 is 52.1 Å². The number of quaternary nitrogens is 2. The van der Waals surface area contributed by atoms with Crippen LogP contribution in [0.15, 0.2) is 0 Å². The SMILES string of the molecule is O.O.O.O.O=C(O)CN1CCC[NH+](CC(=O)O)CCN(CC(=O)O)CCC[NH+](CC(=O)O)CC1.[89Zr]. The first kappa shape index (κ1) is 43.5. The van der Waals surface area contributed by atoms with E-state index in [1.165, 1.54) is 0 Å². The Balaban J connectivity index is -0.000000600. The van der Waals surface area contributed by atoms with Crippen molar-refractivity contribution in [2.45, 2.75) is 12.8 Å². The summed E-state index contributed by atoms with van der Waals surface area (Å²) in [5.74, 6) is -3.80. The summed E-state index contributed by atoms with van der Waals surface area (Å²) in [7, 11) is 0. The van der Waals surface area contributed by atoms with Crippen LogP contribution in [-0.4, -0.2) is 155 Å². The van der Waals surface area contributed by atoms with Gasteiger partial charge in [0, 0.05) is 65.2 Å². The van der Waals surface area contributed by atoms with E-state index in [4.69, 9.17) is 20.4 Å². The Morgan fingerprint density at radius 1 is 0.543 bits per heavy atom. The summed E-state index contributed by atoms with van der Waals surface area (Å²) in [6.07, 6.45) is 1.17. The molecular formula is C18H42N4O12Zr+2. The maximum Gasteiger partial charge on any atom is 0.359 e. The molecule has 1 fully saturated rings. The molecule has 1 saturated heterocycles. The Bertz CT molecular complexity index is 504. The molecule has 16 nitrogen and oxygen atoms in total. The fourth-order valence-electron chi connectivity index (χ4n) is 3.69. The Morgan fingerprint density at radius 2 is 0.857 bits per heavy atom. The Morgan fingerprint density at radius 3 is 1.11 bits per heavy atom. The quantitative estimate of drug-likeness (QED) is 0.154. The third-order valence-electron chi connectivity index (χ3n) is 5.09. The van der Waals surface area contributed by atoms with E-state index in [2.05, 4.69) is 0 Å². The number of hydrogen-bond acceptors (Lipinski definition) is 6. The van der Waals surface area contributed by atoms with E-state index >= 15 is 0 Å². The van der Waals surface area contributed by atoms with Crippen LogP contribution in [0.2, 0.25) is 0 Å². The van der Waals surface area contributed by atoms with E-state index in [9.17, 15) is 19.2 Å². The minimum Gasteiger partial charge on any atom is -0.480 e. The normalized spacial score (nSPS) is 20.0. The first-order chi connectivity index (χ1) is 14.2. The second-order valence-electron chi connectivity index (χ2n) is 7.69. The van der Waals surface area contributed by atoms with Gasteiger partial charge >= 0.3 is 23.9 Å². The summed E-state index contributed by atoms with van der Waals surface area (Å²) in [5, 5.41) is 36.6. The van der Waals surface area contributed by atoms with E-state index < -0.39 is 23.9 Å². The van der Waals surface area contributed by atoms with E-state index in [1.54, 1.807) is 9.80 Å². The predicted octanol–water partition coefficient (Wildman–Crippen LogP) is -7.81. The molecule has 1 aliphatic heterocycles. The largest absolute Gasteiger partial charge is 0.480 e. The summed E-state index contributed by atoms with van der Waals surface area (Å²) in [5.41, 5.74) is 0. The molecule has 1 heterocycles. The molecule has 0 aliphatic carbocycles. The van der Waals surface area contributed by atoms with Gasteiger partial charge in [0.2, 0.25) is 0 Å². The van der Waals surface area contributed by atoms with Gasteiger partial charge in [0.1, 0.15) is 0 Å². The standard InChI is InChI=1S/C18H32N4O8.4H2O.Zr/c23-15(24)11-19-3-1-4-20(12-16(25)26)8-10-22(14-18(29)30)6-2-5-21(9-7-19)13-17(27)28;;;;;/h1-14H2,(H,23,24)(H,25,26)(H,27,28)(H,29,30);4*1H2;/p+2/i;;;;;1-2. The maximum absolute atomic E-state index is 11.2. The van der Waals surface area contributed by atoms with Crippen molar-refractivity contribution in [3.8, 4) is 0 Å². The molecule has 0 spiro atoms. The van der Waals surface area contributed by atoms with Gasteiger partial charge in [-0.15, -0.1) is 0 Å². The molecule has 0 aromatic rings. The van der Waals surface area contributed by atoms with Crippen LogP contribution in [0.25, 0.3) is 0 Å². The average Bonchev–Trinajstić information content (AvgIpc) is 2.60. The molecule has 17 heteroatoms. The molecule has 1 aliphatic rings. The van der Waals surface area contributed by atoms with E-state index in [1.807, 2.05) is 0 Å². The van der Waals surface area contributed by atoms with Crippen molar-refractivity contribution < 1.29 is 97.5 Å². The zero-order valence-corrected chi connectivity index (χ0v) is 22.2. The van der Waals surface area contributed by atoms with Crippen LogP contribution in [0.3, 0.4) is 0 Å². The minimum absolute atomic E-state index is 0. The van der Waals surface area contributed by atoms with Crippen molar-refractivity contribution in [1.82, 2.24) is 9.80 Å². The third kappa shape index (κ3) is 22.6. The molecule has 0 saturated carbocycles. The van der Waals surface area contributed by atoms with Crippen LogP contribution in [0.1, 0.15) is 12.8 Å². The van der Waals surface area contributed by atoms with Gasteiger partial charge in [-0.25, -0.2) is 9.59 Å². The van der Waals surface area contributed by atoms with Gasteiger partial charge in [-0.2, -0.15) is 0 Å². The zero-order valence-electron chi connectivity index (χ0n) is 19.7. The first-order valence-corrected chi connectivity index (χ1v) is 10.1. The van der Waals surface area contributed by atoms with Crippen LogP contribution in [-0.2, 0) is 45.4 Å². The van der Waals surface area contributed by atoms with Crippen molar-refractivity contribution in [3.63, 3.8) is 0 Å². The van der Waals surface area contributed by atoms with Gasteiger partial charge in [0.15, 0.2) is 13.1 Å². The van der Waals surface area contributed by atoms with E-state index in [-0.39, 0.29) is 74.3 Å². The van der Waals surface area contributed by atoms with Crippen LogP contribution < -0.4 is 9.80 Å². The number of nitrogens with zero attached hydrogens (tertiary/aromatic N) is 2. The Labute approximate surface area is 222 Å². The second-order valence-corrected chi connectivity index (χ2v) is 7.69. The van der Waals surface area contributed by atoms with Gasteiger partial charge in [-0.05, 0) is 0 Å². The van der Waals surface area contributed by atoms with Gasteiger partial charge in [0.05, 0.1) is 39.3 Å². The number of rotatable bonds is 8. The van der Waals surface area contributed by atoms with Gasteiger partial charge in [0.25, 0.3) is 0 Å². The molecule has 0 bridgehead atoms. The first-order valence-electron chi connectivity index (χ1n) is 10.1. The Hall–Kier alpha value is -1.56. The number of carbonyl (C=O) groups is 4. The van der Waals surface area contributed by atoms with Crippen LogP contribution >= 0.6 is 0 Å². The molecule has 35 heavy (non-hydrogen) atoms. The number of hydrogen-bond donors (Lipinski definition) is 6. The molecule has 0 aromatic carbocycles. The molecule has 1 rings (SSSR count). The fraction of sp³-hybridized carbons (Fsp3) is 0.778. The average molecular weight is 595 g/mol. The Kier molecular flexibility index (Phi) is 30.0. The molecule has 0 amide bonds. The molecular weight excluding hydrogens is 553 g/mol. The molecule has 2 unspecified atom stereocenters. The van der Waals surface area contributed by atoms with Crippen LogP contribution in [0.4, 0.5) is 0 Å². The summed E-state index contributed by atoms with van der Waals surface area (Å²) < 4.78 is 0. The maximum atomic E-state index is 11.2. The summed E-state index contributed by atoms with van der Waals surface area (Å²) in [6, 6.07) is 0.